The van der Waals surface area contributed by atoms with Crippen LogP contribution in [0.3, 0.4) is 0 Å². The normalized spacial score (nSPS) is 25.3. The molecule has 2 aliphatic heterocycles. The number of hydrogen-bond donors (Lipinski definition) is 1. The summed E-state index contributed by atoms with van der Waals surface area (Å²) in [7, 11) is 0. The first-order valence-electron chi connectivity index (χ1n) is 10.7. The molecule has 2 saturated heterocycles. The van der Waals surface area contributed by atoms with Crippen molar-refractivity contribution in [3.8, 4) is 6.19 Å². The van der Waals surface area contributed by atoms with Crippen LogP contribution in [0.2, 0.25) is 0 Å². The van der Waals surface area contributed by atoms with E-state index in [1.54, 1.807) is 24.7 Å². The second-order valence-corrected chi connectivity index (χ2v) is 8.41. The number of likely N-dealkylation sites (tertiary alicyclic amines) is 1. The van der Waals surface area contributed by atoms with Gasteiger partial charge in [0.05, 0.1) is 38.2 Å². The standard InChI is InChI=1S/C22H25FN6O3/c1-16(30)26-11-19-13-28(22(31)32-19)18-2-3-21(20(23)10-18)29(14-24)8-4-17(5-9-29)12-27-7-6-25-15-27/h2-3,6-7,10,15,17,19H,4-5,8-9,11-13H2,1H3/p+1/t17?,19-,29?/m0/s1. The van der Waals surface area contributed by atoms with Gasteiger partial charge in [0.2, 0.25) is 5.91 Å². The predicted molar refractivity (Wildman–Crippen MR) is 115 cm³/mol. The number of aromatic nitrogens is 2. The summed E-state index contributed by atoms with van der Waals surface area (Å²) < 4.78 is 22.4. The highest BCUT2D eigenvalue weighted by molar-refractivity contribution is 5.90. The minimum atomic E-state index is -0.586. The SMILES string of the molecule is CC(=O)NC[C@H]1CN(c2ccc([N+]3(C#N)CCC(Cn4ccnc4)CC3)c(F)c2)C(=O)O1. The van der Waals surface area contributed by atoms with Crippen LogP contribution in [0.5, 0.6) is 0 Å². The summed E-state index contributed by atoms with van der Waals surface area (Å²) in [4.78, 5) is 28.7. The predicted octanol–water partition coefficient (Wildman–Crippen LogP) is 2.38. The van der Waals surface area contributed by atoms with Crippen molar-refractivity contribution in [3.05, 3.63) is 42.7 Å². The highest BCUT2D eigenvalue weighted by Gasteiger charge is 2.40. The van der Waals surface area contributed by atoms with Gasteiger partial charge in [0.15, 0.2) is 11.5 Å². The molecule has 0 unspecified atom stereocenters. The summed E-state index contributed by atoms with van der Waals surface area (Å²) >= 11 is 0. The largest absolute Gasteiger partial charge is 0.442 e. The molecule has 2 amide bonds. The number of carbonyl (C=O) groups excluding carboxylic acids is 2. The van der Waals surface area contributed by atoms with Gasteiger partial charge in [-0.2, -0.15) is 4.48 Å². The molecule has 4 rings (SSSR count). The molecule has 0 aliphatic carbocycles. The van der Waals surface area contributed by atoms with Crippen LogP contribution in [0.4, 0.5) is 20.6 Å². The van der Waals surface area contributed by atoms with Crippen molar-refractivity contribution in [1.82, 2.24) is 19.4 Å². The number of hydrogen-bond acceptors (Lipinski definition) is 5. The van der Waals surface area contributed by atoms with E-state index in [0.717, 1.165) is 19.4 Å². The van der Waals surface area contributed by atoms with Crippen LogP contribution in [0.15, 0.2) is 36.9 Å². The van der Waals surface area contributed by atoms with Gasteiger partial charge in [0.1, 0.15) is 6.10 Å². The van der Waals surface area contributed by atoms with Gasteiger partial charge in [-0.3, -0.25) is 9.69 Å². The van der Waals surface area contributed by atoms with E-state index in [0.29, 0.717) is 30.4 Å². The van der Waals surface area contributed by atoms with Crippen molar-refractivity contribution in [2.75, 3.05) is 31.1 Å². The number of nitrogens with zero attached hydrogens (tertiary/aromatic N) is 5. The zero-order valence-electron chi connectivity index (χ0n) is 17.9. The summed E-state index contributed by atoms with van der Waals surface area (Å²) in [6.07, 6.45) is 8.28. The van der Waals surface area contributed by atoms with Gasteiger partial charge in [-0.15, -0.1) is 5.26 Å². The fourth-order valence-corrected chi connectivity index (χ4v) is 4.44. The third kappa shape index (κ3) is 4.43. The Morgan fingerprint density at radius 2 is 2.19 bits per heavy atom. The van der Waals surface area contributed by atoms with E-state index in [9.17, 15) is 14.9 Å². The van der Waals surface area contributed by atoms with Crippen molar-refractivity contribution >= 4 is 23.4 Å². The lowest BCUT2D eigenvalue weighted by Crippen LogP contribution is -2.51. The lowest BCUT2D eigenvalue weighted by Gasteiger charge is -2.36. The number of piperidine rings is 1. The quantitative estimate of drug-likeness (QED) is 0.548. The Balaban J connectivity index is 1.45. The highest BCUT2D eigenvalue weighted by Crippen LogP contribution is 2.35. The van der Waals surface area contributed by atoms with E-state index in [1.807, 2.05) is 10.8 Å². The number of quaternary nitrogens is 1. The molecule has 0 saturated carbocycles. The van der Waals surface area contributed by atoms with Gasteiger partial charge in [0, 0.05) is 50.8 Å². The maximum Gasteiger partial charge on any atom is 0.414 e. The van der Waals surface area contributed by atoms with Gasteiger partial charge >= 0.3 is 12.3 Å². The Bertz CT molecular complexity index is 1030. The van der Waals surface area contributed by atoms with E-state index in [1.165, 1.54) is 17.9 Å². The van der Waals surface area contributed by atoms with Crippen LogP contribution < -0.4 is 14.7 Å². The Labute approximate surface area is 185 Å². The topological polar surface area (TPSA) is 100 Å². The number of halogens is 1. The fraction of sp³-hybridized carbons (Fsp3) is 0.455. The first kappa shape index (κ1) is 21.8. The Hall–Kier alpha value is -3.45. The number of amides is 2. The molecule has 32 heavy (non-hydrogen) atoms. The van der Waals surface area contributed by atoms with Crippen LogP contribution in [0, 0.1) is 23.2 Å². The van der Waals surface area contributed by atoms with Crippen LogP contribution in [0.1, 0.15) is 19.8 Å². The summed E-state index contributed by atoms with van der Waals surface area (Å²) in [5.41, 5.74) is 0.687. The average Bonchev–Trinajstić information content (AvgIpc) is 3.42. The minimum Gasteiger partial charge on any atom is -0.442 e. The molecular weight excluding hydrogens is 415 g/mol. The molecule has 1 N–H and O–H groups in total. The molecule has 3 heterocycles. The first-order valence-corrected chi connectivity index (χ1v) is 10.7. The molecule has 2 aromatic rings. The number of anilines is 1. The van der Waals surface area contributed by atoms with E-state index in [2.05, 4.69) is 16.5 Å². The zero-order chi connectivity index (χ0) is 22.7. The summed E-state index contributed by atoms with van der Waals surface area (Å²) in [5.74, 6) is -0.324. The second kappa shape index (κ2) is 8.96. The number of carbonyl (C=O) groups is 2. The van der Waals surface area contributed by atoms with E-state index in [-0.39, 0.29) is 23.5 Å². The number of ether oxygens (including phenoxy) is 1. The molecule has 0 spiro atoms. The third-order valence-electron chi connectivity index (χ3n) is 6.21. The highest BCUT2D eigenvalue weighted by atomic mass is 19.1. The van der Waals surface area contributed by atoms with Gasteiger partial charge in [-0.25, -0.2) is 14.2 Å². The smallest absolute Gasteiger partial charge is 0.414 e. The molecule has 1 atom stereocenters. The Kier molecular flexibility index (Phi) is 6.10. The first-order chi connectivity index (χ1) is 15.4. The summed E-state index contributed by atoms with van der Waals surface area (Å²) in [5, 5.41) is 12.6. The van der Waals surface area contributed by atoms with Gasteiger partial charge in [-0.1, -0.05) is 0 Å². The third-order valence-corrected chi connectivity index (χ3v) is 6.21. The average molecular weight is 441 g/mol. The summed E-state index contributed by atoms with van der Waals surface area (Å²) in [6.45, 7) is 3.69. The van der Waals surface area contributed by atoms with Crippen LogP contribution >= 0.6 is 0 Å². The lowest BCUT2D eigenvalue weighted by molar-refractivity contribution is -0.119. The Morgan fingerprint density at radius 1 is 1.41 bits per heavy atom. The summed E-state index contributed by atoms with van der Waals surface area (Å²) in [6, 6.07) is 4.53. The maximum atomic E-state index is 15.2. The van der Waals surface area contributed by atoms with Crippen molar-refractivity contribution in [3.63, 3.8) is 0 Å². The molecule has 2 aliphatic rings. The minimum absolute atomic E-state index is 0.0812. The number of nitriles is 1. The van der Waals surface area contributed by atoms with Crippen molar-refractivity contribution in [2.24, 2.45) is 5.92 Å². The number of imidazole rings is 1. The number of cyclic esters (lactones) is 1. The zero-order valence-corrected chi connectivity index (χ0v) is 17.9. The van der Waals surface area contributed by atoms with Gasteiger partial charge < -0.3 is 14.6 Å². The Morgan fingerprint density at radius 3 is 2.81 bits per heavy atom. The molecule has 1 aromatic carbocycles. The van der Waals surface area contributed by atoms with Crippen molar-refractivity contribution in [2.45, 2.75) is 32.4 Å². The van der Waals surface area contributed by atoms with Crippen LogP contribution in [-0.4, -0.2) is 53.8 Å². The number of rotatable bonds is 6. The maximum absolute atomic E-state index is 15.2. The fourth-order valence-electron chi connectivity index (χ4n) is 4.44. The van der Waals surface area contributed by atoms with Crippen molar-refractivity contribution < 1.29 is 18.7 Å². The van der Waals surface area contributed by atoms with Crippen molar-refractivity contribution in [1.29, 1.82) is 5.26 Å². The van der Waals surface area contributed by atoms with E-state index < -0.39 is 18.0 Å². The molecule has 0 radical (unpaired) electrons. The van der Waals surface area contributed by atoms with Gasteiger partial charge in [0.25, 0.3) is 0 Å². The molecule has 9 nitrogen and oxygen atoms in total. The molecule has 0 bridgehead atoms. The monoisotopic (exact) mass is 441 g/mol. The number of benzene rings is 1. The molecule has 10 heteroatoms. The molecule has 2 fully saturated rings. The number of nitrogens with one attached hydrogen (secondary N) is 1. The van der Waals surface area contributed by atoms with E-state index >= 15 is 4.39 Å². The molecular formula is C22H26FN6O3+. The van der Waals surface area contributed by atoms with Crippen LogP contribution in [-0.2, 0) is 16.1 Å². The molecule has 168 valence electrons. The van der Waals surface area contributed by atoms with E-state index in [4.69, 9.17) is 4.74 Å². The second-order valence-electron chi connectivity index (χ2n) is 8.41. The van der Waals surface area contributed by atoms with Crippen LogP contribution in [0.25, 0.3) is 0 Å². The van der Waals surface area contributed by atoms with Gasteiger partial charge in [-0.05, 0) is 12.0 Å². The molecule has 1 aromatic heterocycles. The lowest BCUT2D eigenvalue weighted by atomic mass is 9.94.